The van der Waals surface area contributed by atoms with E-state index in [-0.39, 0.29) is 24.0 Å². The molecule has 6 heteroatoms. The van der Waals surface area contributed by atoms with Crippen LogP contribution in [0.2, 0.25) is 0 Å². The lowest BCUT2D eigenvalue weighted by Gasteiger charge is -2.15. The van der Waals surface area contributed by atoms with E-state index in [0.717, 1.165) is 37.5 Å². The van der Waals surface area contributed by atoms with Crippen molar-refractivity contribution in [1.29, 1.82) is 0 Å². The van der Waals surface area contributed by atoms with E-state index in [0.29, 0.717) is 31.6 Å². The van der Waals surface area contributed by atoms with Crippen molar-refractivity contribution in [2.75, 3.05) is 32.9 Å². The van der Waals surface area contributed by atoms with E-state index in [1.165, 1.54) is 5.56 Å². The predicted octanol–water partition coefficient (Wildman–Crippen LogP) is 2.72. The molecule has 1 atom stereocenters. The Hall–Kier alpha value is -1.46. The van der Waals surface area contributed by atoms with Crippen LogP contribution in [0.1, 0.15) is 24.5 Å². The van der Waals surface area contributed by atoms with Gasteiger partial charge in [0.25, 0.3) is 0 Å². The zero-order chi connectivity index (χ0) is 17.2. The van der Waals surface area contributed by atoms with Crippen molar-refractivity contribution in [2.45, 2.75) is 26.8 Å². The second-order valence-electron chi connectivity index (χ2n) is 5.90. The monoisotopic (exact) mass is 457 g/mol. The molecule has 0 saturated carbocycles. The Balaban J connectivity index is 0.00000312. The van der Waals surface area contributed by atoms with E-state index >= 15 is 0 Å². The summed E-state index contributed by atoms with van der Waals surface area (Å²) in [7, 11) is 0. The molecule has 0 aromatic heterocycles. The third-order valence-electron chi connectivity index (χ3n) is 3.83. The van der Waals surface area contributed by atoms with E-state index in [1.54, 1.807) is 0 Å². The highest BCUT2D eigenvalue weighted by molar-refractivity contribution is 14.0. The van der Waals surface area contributed by atoms with Gasteiger partial charge in [-0.05, 0) is 31.9 Å². The highest BCUT2D eigenvalue weighted by Crippen LogP contribution is 2.23. The number of hydrogen-bond acceptors (Lipinski definition) is 3. The highest BCUT2D eigenvalue weighted by Gasteiger charge is 2.17. The Kier molecular flexibility index (Phi) is 10.3. The first-order valence-corrected chi connectivity index (χ1v) is 8.48. The summed E-state index contributed by atoms with van der Waals surface area (Å²) in [5, 5.41) is 6.27. The van der Waals surface area contributed by atoms with Gasteiger partial charge >= 0.3 is 0 Å². The summed E-state index contributed by atoms with van der Waals surface area (Å²) in [4.78, 5) is 4.59. The van der Waals surface area contributed by atoms with E-state index in [2.05, 4.69) is 46.7 Å². The molecular formula is C19H28IN3O2. The van der Waals surface area contributed by atoms with Crippen LogP contribution in [0.5, 0.6) is 5.75 Å². The normalized spacial score (nSPS) is 16.7. The number of terminal acetylenes is 1. The van der Waals surface area contributed by atoms with Crippen LogP contribution < -0.4 is 15.4 Å². The molecule has 1 fully saturated rings. The van der Waals surface area contributed by atoms with Crippen LogP contribution in [0.4, 0.5) is 0 Å². The summed E-state index contributed by atoms with van der Waals surface area (Å²) >= 11 is 0. The second-order valence-corrected chi connectivity index (χ2v) is 5.90. The van der Waals surface area contributed by atoms with E-state index in [9.17, 15) is 0 Å². The highest BCUT2D eigenvalue weighted by atomic mass is 127. The lowest BCUT2D eigenvalue weighted by molar-refractivity contribution is 0.166. The van der Waals surface area contributed by atoms with Crippen molar-refractivity contribution in [3.8, 4) is 18.1 Å². The predicted molar refractivity (Wildman–Crippen MR) is 113 cm³/mol. The number of aryl methyl sites for hydroxylation is 1. The molecule has 1 aliphatic heterocycles. The number of benzene rings is 1. The number of ether oxygens (including phenoxy) is 2. The van der Waals surface area contributed by atoms with Gasteiger partial charge in [-0.25, -0.2) is 4.99 Å². The van der Waals surface area contributed by atoms with Gasteiger partial charge in [-0.1, -0.05) is 18.1 Å². The summed E-state index contributed by atoms with van der Waals surface area (Å²) < 4.78 is 11.5. The Morgan fingerprint density at radius 3 is 2.96 bits per heavy atom. The summed E-state index contributed by atoms with van der Waals surface area (Å²) in [5.74, 6) is 4.65. The van der Waals surface area contributed by atoms with Crippen molar-refractivity contribution >= 4 is 29.9 Å². The topological polar surface area (TPSA) is 54.9 Å². The van der Waals surface area contributed by atoms with Crippen molar-refractivity contribution in [1.82, 2.24) is 10.6 Å². The van der Waals surface area contributed by atoms with Gasteiger partial charge in [-0.2, -0.15) is 0 Å². The number of guanidine groups is 1. The molecule has 0 amide bonds. The molecular weight excluding hydrogens is 429 g/mol. The van der Waals surface area contributed by atoms with Crippen molar-refractivity contribution in [3.05, 3.63) is 29.3 Å². The molecule has 138 valence electrons. The number of nitrogens with zero attached hydrogens (tertiary/aromatic N) is 1. The van der Waals surface area contributed by atoms with Crippen LogP contribution in [0.15, 0.2) is 23.2 Å². The van der Waals surface area contributed by atoms with Crippen LogP contribution in [0.3, 0.4) is 0 Å². The van der Waals surface area contributed by atoms with Crippen LogP contribution >= 0.6 is 24.0 Å². The van der Waals surface area contributed by atoms with Gasteiger partial charge in [-0.3, -0.25) is 0 Å². The Labute approximate surface area is 168 Å². The number of hydrogen-bond donors (Lipinski definition) is 2. The van der Waals surface area contributed by atoms with Crippen LogP contribution in [0.25, 0.3) is 0 Å². The standard InChI is InChI=1S/C19H27N3O2.HI/c1-4-9-21-19(20-5-2)22-12-17-7-6-15(3)11-18(17)24-14-16-8-10-23-13-16;/h1,6-7,11,16H,5,8-10,12-14H2,2-3H3,(H2,20,21,22);1H. The third kappa shape index (κ3) is 7.53. The van der Waals surface area contributed by atoms with Gasteiger partial charge in [0.05, 0.1) is 26.3 Å². The minimum Gasteiger partial charge on any atom is -0.493 e. The van der Waals surface area contributed by atoms with Gasteiger partial charge in [0.1, 0.15) is 5.75 Å². The fraction of sp³-hybridized carbons (Fsp3) is 0.526. The molecule has 2 rings (SSSR count). The van der Waals surface area contributed by atoms with Crippen molar-refractivity contribution in [3.63, 3.8) is 0 Å². The first-order valence-electron chi connectivity index (χ1n) is 8.48. The summed E-state index contributed by atoms with van der Waals surface area (Å²) in [6.07, 6.45) is 6.36. The Bertz CT molecular complexity index is 593. The van der Waals surface area contributed by atoms with Crippen LogP contribution in [0, 0.1) is 25.2 Å². The van der Waals surface area contributed by atoms with Crippen molar-refractivity contribution in [2.24, 2.45) is 10.9 Å². The van der Waals surface area contributed by atoms with E-state index < -0.39 is 0 Å². The average molecular weight is 457 g/mol. The number of nitrogens with one attached hydrogen (secondary N) is 2. The van der Waals surface area contributed by atoms with E-state index in [1.807, 2.05) is 6.92 Å². The quantitative estimate of drug-likeness (QED) is 0.286. The molecule has 5 nitrogen and oxygen atoms in total. The summed E-state index contributed by atoms with van der Waals surface area (Å²) in [5.41, 5.74) is 2.25. The molecule has 0 radical (unpaired) electrons. The number of aliphatic imine (C=N–C) groups is 1. The lowest BCUT2D eigenvalue weighted by Crippen LogP contribution is -2.37. The number of rotatable bonds is 7. The Morgan fingerprint density at radius 1 is 1.44 bits per heavy atom. The molecule has 1 unspecified atom stereocenters. The minimum atomic E-state index is 0. The van der Waals surface area contributed by atoms with Gasteiger partial charge in [-0.15, -0.1) is 30.4 Å². The van der Waals surface area contributed by atoms with E-state index in [4.69, 9.17) is 15.9 Å². The average Bonchev–Trinajstić information content (AvgIpc) is 3.10. The maximum absolute atomic E-state index is 6.05. The fourth-order valence-corrected chi connectivity index (χ4v) is 2.49. The van der Waals surface area contributed by atoms with Crippen LogP contribution in [-0.4, -0.2) is 38.9 Å². The third-order valence-corrected chi connectivity index (χ3v) is 3.83. The molecule has 0 spiro atoms. The van der Waals surface area contributed by atoms with Gasteiger partial charge in [0.2, 0.25) is 0 Å². The molecule has 1 heterocycles. The molecule has 0 aliphatic carbocycles. The summed E-state index contributed by atoms with van der Waals surface area (Å²) in [6.45, 7) is 8.19. The van der Waals surface area contributed by atoms with Gasteiger partial charge in [0, 0.05) is 24.6 Å². The first-order chi connectivity index (χ1) is 11.7. The first kappa shape index (κ1) is 21.6. The fourth-order valence-electron chi connectivity index (χ4n) is 2.49. The SMILES string of the molecule is C#CCNC(=NCc1ccc(C)cc1OCC1CCOC1)NCC.I. The zero-order valence-electron chi connectivity index (χ0n) is 15.0. The molecule has 1 aliphatic rings. The smallest absolute Gasteiger partial charge is 0.192 e. The maximum atomic E-state index is 6.05. The zero-order valence-corrected chi connectivity index (χ0v) is 17.3. The lowest BCUT2D eigenvalue weighted by atomic mass is 10.1. The molecule has 1 aromatic carbocycles. The number of halogens is 1. The maximum Gasteiger partial charge on any atom is 0.192 e. The minimum absolute atomic E-state index is 0. The van der Waals surface area contributed by atoms with Crippen LogP contribution in [-0.2, 0) is 11.3 Å². The van der Waals surface area contributed by atoms with Crippen molar-refractivity contribution < 1.29 is 9.47 Å². The second kappa shape index (κ2) is 12.0. The Morgan fingerprint density at radius 2 is 2.28 bits per heavy atom. The molecule has 2 N–H and O–H groups in total. The molecule has 1 aromatic rings. The van der Waals surface area contributed by atoms with Gasteiger partial charge in [0.15, 0.2) is 5.96 Å². The molecule has 0 bridgehead atoms. The largest absolute Gasteiger partial charge is 0.493 e. The molecule has 25 heavy (non-hydrogen) atoms. The molecule has 1 saturated heterocycles. The van der Waals surface area contributed by atoms with Gasteiger partial charge < -0.3 is 20.1 Å². The summed E-state index contributed by atoms with van der Waals surface area (Å²) in [6, 6.07) is 6.23.